The quantitative estimate of drug-likeness (QED) is 0.301. The van der Waals surface area contributed by atoms with Gasteiger partial charge in [-0.15, -0.1) is 0 Å². The summed E-state index contributed by atoms with van der Waals surface area (Å²) >= 11 is 6.15. The molecule has 0 unspecified atom stereocenters. The third kappa shape index (κ3) is 5.45. The topological polar surface area (TPSA) is 64.6 Å². The number of benzene rings is 4. The van der Waals surface area contributed by atoms with Crippen molar-refractivity contribution in [3.63, 3.8) is 0 Å². The molecular formula is C28H22ClNO4. The van der Waals surface area contributed by atoms with Crippen LogP contribution in [0.4, 0.5) is 5.69 Å². The third-order valence-corrected chi connectivity index (χ3v) is 5.43. The number of carbonyl (C=O) groups excluding carboxylic acids is 2. The molecule has 6 heteroatoms. The maximum absolute atomic E-state index is 13.1. The Morgan fingerprint density at radius 3 is 2.24 bits per heavy atom. The van der Waals surface area contributed by atoms with Crippen LogP contribution in [0.1, 0.15) is 31.8 Å². The van der Waals surface area contributed by atoms with E-state index in [1.165, 1.54) is 0 Å². The minimum absolute atomic E-state index is 0.229. The normalized spacial score (nSPS) is 10.4. The second kappa shape index (κ2) is 10.7. The lowest BCUT2D eigenvalue weighted by Gasteiger charge is -2.14. The van der Waals surface area contributed by atoms with Gasteiger partial charge in [-0.25, -0.2) is 0 Å². The van der Waals surface area contributed by atoms with Crippen LogP contribution in [0.15, 0.2) is 97.1 Å². The molecule has 4 rings (SSSR count). The van der Waals surface area contributed by atoms with Crippen LogP contribution in [0, 0.1) is 0 Å². The summed E-state index contributed by atoms with van der Waals surface area (Å²) in [6.07, 6.45) is 0. The molecule has 0 aliphatic heterocycles. The van der Waals surface area contributed by atoms with Crippen LogP contribution in [0.5, 0.6) is 11.5 Å². The number of nitrogens with one attached hydrogen (secondary N) is 1. The molecule has 0 atom stereocenters. The zero-order valence-corrected chi connectivity index (χ0v) is 19.2. The maximum Gasteiger partial charge on any atom is 0.255 e. The summed E-state index contributed by atoms with van der Waals surface area (Å²) in [5, 5.41) is 3.25. The Hall–Kier alpha value is -4.09. The van der Waals surface area contributed by atoms with Gasteiger partial charge in [0, 0.05) is 27.3 Å². The maximum atomic E-state index is 13.1. The number of ether oxygens (including phenoxy) is 2. The number of carbonyl (C=O) groups is 2. The van der Waals surface area contributed by atoms with Gasteiger partial charge in [0.1, 0.15) is 18.1 Å². The molecule has 34 heavy (non-hydrogen) atoms. The van der Waals surface area contributed by atoms with E-state index in [4.69, 9.17) is 21.1 Å². The van der Waals surface area contributed by atoms with Crippen LogP contribution >= 0.6 is 11.6 Å². The van der Waals surface area contributed by atoms with Crippen LogP contribution in [0.2, 0.25) is 5.02 Å². The molecule has 0 saturated carbocycles. The molecule has 0 aliphatic carbocycles. The zero-order valence-electron chi connectivity index (χ0n) is 18.5. The summed E-state index contributed by atoms with van der Waals surface area (Å²) in [7, 11) is 1.57. The van der Waals surface area contributed by atoms with E-state index < -0.39 is 0 Å². The monoisotopic (exact) mass is 471 g/mol. The van der Waals surface area contributed by atoms with Gasteiger partial charge in [-0.05, 0) is 48.5 Å². The van der Waals surface area contributed by atoms with Gasteiger partial charge in [0.25, 0.3) is 5.91 Å². The van der Waals surface area contributed by atoms with Crippen molar-refractivity contribution in [3.8, 4) is 11.5 Å². The lowest BCUT2D eigenvalue weighted by molar-refractivity contribution is 0.102. The summed E-state index contributed by atoms with van der Waals surface area (Å²) in [4.78, 5) is 26.2. The molecule has 170 valence electrons. The predicted octanol–water partition coefficient (Wildman–Crippen LogP) is 6.41. The molecule has 1 amide bonds. The standard InChI is InChI=1S/C28H22ClNO4/c1-33-26-15-12-20(16-21(26)18-34-23-10-6-3-7-11-23)28(32)30-25-14-13-22(29)17-24(25)27(31)19-8-4-2-5-9-19/h2-17H,18H2,1H3,(H,30,32). The van der Waals surface area contributed by atoms with Crippen LogP contribution in [0.3, 0.4) is 0 Å². The van der Waals surface area contributed by atoms with Gasteiger partial charge in [-0.1, -0.05) is 60.1 Å². The van der Waals surface area contributed by atoms with E-state index in [0.29, 0.717) is 38.9 Å². The van der Waals surface area contributed by atoms with Crippen molar-refractivity contribution in [1.82, 2.24) is 0 Å². The fraction of sp³-hybridized carbons (Fsp3) is 0.0714. The van der Waals surface area contributed by atoms with E-state index in [-0.39, 0.29) is 18.3 Å². The molecule has 0 fully saturated rings. The number of halogens is 1. The van der Waals surface area contributed by atoms with E-state index in [1.54, 1.807) is 67.8 Å². The Kier molecular flexibility index (Phi) is 7.25. The molecule has 0 saturated heterocycles. The smallest absolute Gasteiger partial charge is 0.255 e. The second-order valence-corrected chi connectivity index (χ2v) is 7.90. The molecule has 4 aromatic carbocycles. The van der Waals surface area contributed by atoms with E-state index >= 15 is 0 Å². The number of anilines is 1. The van der Waals surface area contributed by atoms with Crippen molar-refractivity contribution in [1.29, 1.82) is 0 Å². The van der Waals surface area contributed by atoms with E-state index in [1.807, 2.05) is 36.4 Å². The summed E-state index contributed by atoms with van der Waals surface area (Å²) < 4.78 is 11.3. The Balaban J connectivity index is 1.58. The van der Waals surface area contributed by atoms with E-state index in [2.05, 4.69) is 5.32 Å². The minimum Gasteiger partial charge on any atom is -0.496 e. The summed E-state index contributed by atoms with van der Waals surface area (Å²) in [6, 6.07) is 28.1. The van der Waals surface area contributed by atoms with Crippen molar-refractivity contribution >= 4 is 29.0 Å². The van der Waals surface area contributed by atoms with E-state index in [0.717, 1.165) is 5.56 Å². The average Bonchev–Trinajstić information content (AvgIpc) is 2.89. The van der Waals surface area contributed by atoms with Gasteiger partial charge in [0.05, 0.1) is 12.8 Å². The highest BCUT2D eigenvalue weighted by atomic mass is 35.5. The highest BCUT2D eigenvalue weighted by Gasteiger charge is 2.18. The van der Waals surface area contributed by atoms with Crippen molar-refractivity contribution in [2.45, 2.75) is 6.61 Å². The molecule has 1 N–H and O–H groups in total. The van der Waals surface area contributed by atoms with Gasteiger partial charge >= 0.3 is 0 Å². The predicted molar refractivity (Wildman–Crippen MR) is 133 cm³/mol. The van der Waals surface area contributed by atoms with Crippen LogP contribution in [-0.2, 0) is 6.61 Å². The van der Waals surface area contributed by atoms with Crippen molar-refractivity contribution < 1.29 is 19.1 Å². The number of hydrogen-bond acceptors (Lipinski definition) is 4. The van der Waals surface area contributed by atoms with Crippen LogP contribution < -0.4 is 14.8 Å². The first-order valence-electron chi connectivity index (χ1n) is 10.6. The molecule has 0 heterocycles. The number of amides is 1. The molecule has 0 bridgehead atoms. The number of rotatable bonds is 8. The number of hydrogen-bond donors (Lipinski definition) is 1. The third-order valence-electron chi connectivity index (χ3n) is 5.19. The number of ketones is 1. The van der Waals surface area contributed by atoms with E-state index in [9.17, 15) is 9.59 Å². The SMILES string of the molecule is COc1ccc(C(=O)Nc2ccc(Cl)cc2C(=O)c2ccccc2)cc1COc1ccccc1. The second-order valence-electron chi connectivity index (χ2n) is 7.47. The highest BCUT2D eigenvalue weighted by molar-refractivity contribution is 6.31. The van der Waals surface area contributed by atoms with Crippen LogP contribution in [0.25, 0.3) is 0 Å². The highest BCUT2D eigenvalue weighted by Crippen LogP contribution is 2.26. The number of para-hydroxylation sites is 1. The Labute approximate surface area is 202 Å². The first-order chi connectivity index (χ1) is 16.5. The lowest BCUT2D eigenvalue weighted by Crippen LogP contribution is -2.16. The molecular weight excluding hydrogens is 450 g/mol. The van der Waals surface area contributed by atoms with Gasteiger partial charge in [0.15, 0.2) is 5.78 Å². The van der Waals surface area contributed by atoms with Gasteiger partial charge in [-0.3, -0.25) is 9.59 Å². The Morgan fingerprint density at radius 2 is 1.53 bits per heavy atom. The summed E-state index contributed by atoms with van der Waals surface area (Å²) in [5.74, 6) is 0.724. The largest absolute Gasteiger partial charge is 0.496 e. The molecule has 0 aliphatic rings. The van der Waals surface area contributed by atoms with Gasteiger partial charge in [0.2, 0.25) is 0 Å². The molecule has 0 aromatic heterocycles. The fourth-order valence-corrected chi connectivity index (χ4v) is 3.64. The molecule has 4 aromatic rings. The van der Waals surface area contributed by atoms with Gasteiger partial charge < -0.3 is 14.8 Å². The minimum atomic E-state index is -0.368. The van der Waals surface area contributed by atoms with Gasteiger partial charge in [-0.2, -0.15) is 0 Å². The number of methoxy groups -OCH3 is 1. The van der Waals surface area contributed by atoms with Crippen molar-refractivity contribution in [3.05, 3.63) is 124 Å². The first kappa shape index (κ1) is 23.1. The Bertz CT molecular complexity index is 1310. The lowest BCUT2D eigenvalue weighted by atomic mass is 10.0. The fourth-order valence-electron chi connectivity index (χ4n) is 3.46. The summed E-state index contributed by atoms with van der Waals surface area (Å²) in [6.45, 7) is 0.229. The first-order valence-corrected chi connectivity index (χ1v) is 11.0. The summed E-state index contributed by atoms with van der Waals surface area (Å²) in [5.41, 5.74) is 2.32. The molecule has 5 nitrogen and oxygen atoms in total. The molecule has 0 spiro atoms. The zero-order chi connectivity index (χ0) is 23.9. The van der Waals surface area contributed by atoms with Crippen molar-refractivity contribution in [2.24, 2.45) is 0 Å². The molecule has 0 radical (unpaired) electrons. The van der Waals surface area contributed by atoms with Crippen LogP contribution in [-0.4, -0.2) is 18.8 Å². The van der Waals surface area contributed by atoms with Crippen molar-refractivity contribution in [2.75, 3.05) is 12.4 Å². The average molecular weight is 472 g/mol. The Morgan fingerprint density at radius 1 is 0.824 bits per heavy atom.